The second kappa shape index (κ2) is 12.1. The van der Waals surface area contributed by atoms with Gasteiger partial charge >= 0.3 is 11.9 Å². The predicted molar refractivity (Wildman–Crippen MR) is 167 cm³/mol. The van der Waals surface area contributed by atoms with Crippen molar-refractivity contribution in [3.05, 3.63) is 101 Å². The SMILES string of the molecule is CCOC(=O)c1[nH]c2c(-c3ccc(C(=O)OC(C)(C)C)cc3C)cccc2c1CCCOc1cccc2ccccc12. The summed E-state index contributed by atoms with van der Waals surface area (Å²) in [4.78, 5) is 29.1. The second-order valence-electron chi connectivity index (χ2n) is 11.4. The van der Waals surface area contributed by atoms with E-state index in [4.69, 9.17) is 14.2 Å². The number of fused-ring (bicyclic) bond motifs is 2. The highest BCUT2D eigenvalue weighted by atomic mass is 16.6. The second-order valence-corrected chi connectivity index (χ2v) is 11.4. The third-order valence-corrected chi connectivity index (χ3v) is 7.15. The molecule has 0 saturated carbocycles. The molecule has 0 radical (unpaired) electrons. The van der Waals surface area contributed by atoms with Gasteiger partial charge in [0.05, 0.1) is 24.3 Å². The van der Waals surface area contributed by atoms with E-state index in [-0.39, 0.29) is 18.5 Å². The molecule has 0 atom stereocenters. The molecule has 1 heterocycles. The number of esters is 2. The summed E-state index contributed by atoms with van der Waals surface area (Å²) in [6.07, 6.45) is 1.36. The molecule has 0 bridgehead atoms. The zero-order chi connectivity index (χ0) is 29.9. The molecule has 5 aromatic rings. The maximum atomic E-state index is 13.0. The summed E-state index contributed by atoms with van der Waals surface area (Å²) in [6, 6.07) is 25.9. The van der Waals surface area contributed by atoms with Crippen LogP contribution < -0.4 is 4.74 Å². The number of hydrogen-bond acceptors (Lipinski definition) is 5. The maximum Gasteiger partial charge on any atom is 0.355 e. The number of nitrogens with one attached hydrogen (secondary N) is 1. The predicted octanol–water partition coefficient (Wildman–Crippen LogP) is 8.44. The van der Waals surface area contributed by atoms with Crippen molar-refractivity contribution in [2.24, 2.45) is 0 Å². The number of aromatic nitrogens is 1. The van der Waals surface area contributed by atoms with E-state index in [1.165, 1.54) is 0 Å². The number of aryl methyl sites for hydroxylation is 2. The highest BCUT2D eigenvalue weighted by Gasteiger charge is 2.22. The van der Waals surface area contributed by atoms with Crippen LogP contribution in [0.1, 0.15) is 66.1 Å². The van der Waals surface area contributed by atoms with Gasteiger partial charge < -0.3 is 19.2 Å². The van der Waals surface area contributed by atoms with E-state index in [1.54, 1.807) is 13.0 Å². The first-order valence-corrected chi connectivity index (χ1v) is 14.4. The van der Waals surface area contributed by atoms with Gasteiger partial charge in [0.15, 0.2) is 0 Å². The molecule has 0 fully saturated rings. The number of benzene rings is 4. The van der Waals surface area contributed by atoms with E-state index in [9.17, 15) is 9.59 Å². The van der Waals surface area contributed by atoms with Gasteiger partial charge in [0.1, 0.15) is 17.0 Å². The summed E-state index contributed by atoms with van der Waals surface area (Å²) < 4.78 is 17.2. The number of H-pyrrole nitrogens is 1. The molecule has 6 heteroatoms. The van der Waals surface area contributed by atoms with Crippen LogP contribution in [0.4, 0.5) is 0 Å². The van der Waals surface area contributed by atoms with Gasteiger partial charge in [0.2, 0.25) is 0 Å². The van der Waals surface area contributed by atoms with Gasteiger partial charge in [-0.15, -0.1) is 0 Å². The van der Waals surface area contributed by atoms with Crippen LogP contribution in [0.3, 0.4) is 0 Å². The lowest BCUT2D eigenvalue weighted by Crippen LogP contribution is -2.23. The van der Waals surface area contributed by atoms with Crippen LogP contribution in [0.15, 0.2) is 78.9 Å². The van der Waals surface area contributed by atoms with Crippen molar-refractivity contribution in [3.63, 3.8) is 0 Å². The molecule has 0 aliphatic rings. The fourth-order valence-electron chi connectivity index (χ4n) is 5.32. The van der Waals surface area contributed by atoms with Crippen molar-refractivity contribution in [1.29, 1.82) is 0 Å². The smallest absolute Gasteiger partial charge is 0.355 e. The Morgan fingerprint density at radius 3 is 2.33 bits per heavy atom. The van der Waals surface area contributed by atoms with Crippen LogP contribution in [-0.4, -0.2) is 35.7 Å². The third kappa shape index (κ3) is 6.18. The van der Waals surface area contributed by atoms with Gasteiger partial charge in [-0.3, -0.25) is 0 Å². The van der Waals surface area contributed by atoms with Crippen LogP contribution in [0.5, 0.6) is 5.75 Å². The van der Waals surface area contributed by atoms with E-state index >= 15 is 0 Å². The van der Waals surface area contributed by atoms with Crippen molar-refractivity contribution in [1.82, 2.24) is 4.98 Å². The first kappa shape index (κ1) is 28.9. The number of rotatable bonds is 9. The lowest BCUT2D eigenvalue weighted by atomic mass is 9.95. The largest absolute Gasteiger partial charge is 0.493 e. The van der Waals surface area contributed by atoms with Gasteiger partial charge in [0, 0.05) is 16.3 Å². The lowest BCUT2D eigenvalue weighted by Gasteiger charge is -2.20. The average molecular weight is 564 g/mol. The van der Waals surface area contributed by atoms with E-state index in [0.717, 1.165) is 56.1 Å². The minimum Gasteiger partial charge on any atom is -0.493 e. The molecular weight excluding hydrogens is 526 g/mol. The quantitative estimate of drug-likeness (QED) is 0.144. The fraction of sp³-hybridized carbons (Fsp3) is 0.278. The highest BCUT2D eigenvalue weighted by molar-refractivity contribution is 6.04. The summed E-state index contributed by atoms with van der Waals surface area (Å²) in [5, 5.41) is 3.19. The number of carbonyl (C=O) groups is 2. The van der Waals surface area contributed by atoms with Gasteiger partial charge in [-0.25, -0.2) is 9.59 Å². The van der Waals surface area contributed by atoms with Crippen LogP contribution >= 0.6 is 0 Å². The Kier molecular flexibility index (Phi) is 8.34. The Morgan fingerprint density at radius 2 is 1.57 bits per heavy atom. The first-order valence-electron chi connectivity index (χ1n) is 14.4. The molecule has 1 N–H and O–H groups in total. The molecule has 216 valence electrons. The Morgan fingerprint density at radius 1 is 0.833 bits per heavy atom. The summed E-state index contributed by atoms with van der Waals surface area (Å²) in [7, 11) is 0. The minimum atomic E-state index is -0.570. The summed E-state index contributed by atoms with van der Waals surface area (Å²) in [5.74, 6) is 0.125. The zero-order valence-corrected chi connectivity index (χ0v) is 24.9. The molecule has 0 spiro atoms. The van der Waals surface area contributed by atoms with Crippen molar-refractivity contribution < 1.29 is 23.8 Å². The Balaban J connectivity index is 1.43. The zero-order valence-electron chi connectivity index (χ0n) is 24.9. The molecule has 1 aromatic heterocycles. The molecule has 0 aliphatic carbocycles. The average Bonchev–Trinajstić information content (AvgIpc) is 3.33. The molecule has 42 heavy (non-hydrogen) atoms. The van der Waals surface area contributed by atoms with Crippen molar-refractivity contribution in [2.45, 2.75) is 53.1 Å². The van der Waals surface area contributed by atoms with Crippen LogP contribution in [0.25, 0.3) is 32.8 Å². The molecule has 0 saturated heterocycles. The number of hydrogen-bond donors (Lipinski definition) is 1. The summed E-state index contributed by atoms with van der Waals surface area (Å²) in [5.41, 5.74) is 5.02. The van der Waals surface area contributed by atoms with Crippen molar-refractivity contribution in [2.75, 3.05) is 13.2 Å². The number of ether oxygens (including phenoxy) is 3. The normalized spacial score (nSPS) is 11.5. The fourth-order valence-corrected chi connectivity index (χ4v) is 5.32. The lowest BCUT2D eigenvalue weighted by molar-refractivity contribution is 0.00691. The summed E-state index contributed by atoms with van der Waals surface area (Å²) >= 11 is 0. The monoisotopic (exact) mass is 563 g/mol. The van der Waals surface area contributed by atoms with Crippen LogP contribution in [0, 0.1) is 6.92 Å². The maximum absolute atomic E-state index is 13.0. The topological polar surface area (TPSA) is 77.6 Å². The minimum absolute atomic E-state index is 0.288. The van der Waals surface area contributed by atoms with Gasteiger partial charge in [-0.2, -0.15) is 0 Å². The molecular formula is C36H37NO5. The molecule has 0 aliphatic heterocycles. The number of aromatic amines is 1. The third-order valence-electron chi connectivity index (χ3n) is 7.15. The molecule has 0 amide bonds. The van der Waals surface area contributed by atoms with Gasteiger partial charge in [-0.05, 0) is 87.7 Å². The number of para-hydroxylation sites is 1. The molecule has 6 nitrogen and oxygen atoms in total. The van der Waals surface area contributed by atoms with Crippen LogP contribution in [-0.2, 0) is 15.9 Å². The van der Waals surface area contributed by atoms with Gasteiger partial charge in [0.25, 0.3) is 0 Å². The Bertz CT molecular complexity index is 1750. The van der Waals surface area contributed by atoms with Crippen molar-refractivity contribution >= 4 is 33.6 Å². The summed E-state index contributed by atoms with van der Waals surface area (Å²) in [6.45, 7) is 10.1. The van der Waals surface area contributed by atoms with Crippen LogP contribution in [0.2, 0.25) is 0 Å². The Hall–Kier alpha value is -4.58. The molecule has 5 rings (SSSR count). The standard InChI is InChI=1S/C36H37NO5/c1-6-40-35(39)33-30(17-11-21-41-31-18-9-13-24-12-7-8-14-27(24)31)29-16-10-15-28(32(29)37-33)26-20-19-25(22-23(26)2)34(38)42-36(3,4)5/h7-10,12-16,18-20,22,37H,6,11,17,21H2,1-5H3. The van der Waals surface area contributed by atoms with Gasteiger partial charge in [-0.1, -0.05) is 60.7 Å². The molecule has 0 unspecified atom stereocenters. The highest BCUT2D eigenvalue weighted by Crippen LogP contribution is 2.35. The number of carbonyl (C=O) groups excluding carboxylic acids is 2. The Labute approximate surface area is 246 Å². The van der Waals surface area contributed by atoms with E-state index < -0.39 is 5.60 Å². The van der Waals surface area contributed by atoms with E-state index in [2.05, 4.69) is 23.2 Å². The van der Waals surface area contributed by atoms with E-state index in [1.807, 2.05) is 82.3 Å². The molecule has 4 aromatic carbocycles. The van der Waals surface area contributed by atoms with Crippen molar-refractivity contribution in [3.8, 4) is 16.9 Å². The first-order chi connectivity index (χ1) is 20.2. The van der Waals surface area contributed by atoms with E-state index in [0.29, 0.717) is 24.3 Å².